The number of rotatable bonds is 2. The zero-order valence-corrected chi connectivity index (χ0v) is 10.2. The smallest absolute Gasteiger partial charge is 0.273 e. The fourth-order valence-electron chi connectivity index (χ4n) is 2.47. The second-order valence-corrected chi connectivity index (χ2v) is 4.49. The number of nitrogens with zero attached hydrogens (tertiary/aromatic N) is 2. The van der Waals surface area contributed by atoms with E-state index in [1.54, 1.807) is 12.1 Å². The molecule has 0 spiro atoms. The van der Waals surface area contributed by atoms with Crippen LogP contribution in [0.25, 0.3) is 21.8 Å². The Balaban J connectivity index is 2.63. The van der Waals surface area contributed by atoms with E-state index in [1.807, 2.05) is 34.6 Å². The Hall–Kier alpha value is -2.36. The van der Waals surface area contributed by atoms with E-state index in [1.165, 1.54) is 0 Å². The van der Waals surface area contributed by atoms with Crippen LogP contribution < -0.4 is 15.7 Å². The van der Waals surface area contributed by atoms with E-state index < -0.39 is 0 Å². The SMILES string of the molecule is C=CC[n+]1cc2ccn(C)c3cc(N)c(=O)c1c23. The lowest BCUT2D eigenvalue weighted by atomic mass is 10.1. The van der Waals surface area contributed by atoms with Crippen LogP contribution in [0.2, 0.25) is 0 Å². The minimum atomic E-state index is -0.106. The van der Waals surface area contributed by atoms with Gasteiger partial charge in [-0.25, -0.2) is 0 Å². The average Bonchev–Trinajstić information content (AvgIpc) is 2.70. The number of aryl methyl sites for hydroxylation is 1. The molecular weight excluding hydrogens is 226 g/mol. The van der Waals surface area contributed by atoms with Crippen molar-refractivity contribution in [3.63, 3.8) is 0 Å². The normalized spacial score (nSPS) is 11.4. The maximum atomic E-state index is 12.2. The highest BCUT2D eigenvalue weighted by Crippen LogP contribution is 2.24. The van der Waals surface area contributed by atoms with Gasteiger partial charge in [-0.1, -0.05) is 6.58 Å². The van der Waals surface area contributed by atoms with Crippen LogP contribution in [-0.2, 0) is 13.6 Å². The Bertz CT molecular complexity index is 817. The number of aromatic nitrogens is 2. The van der Waals surface area contributed by atoms with Crippen molar-refractivity contribution >= 4 is 27.5 Å². The monoisotopic (exact) mass is 240 g/mol. The molecule has 0 saturated heterocycles. The summed E-state index contributed by atoms with van der Waals surface area (Å²) >= 11 is 0. The molecular formula is C14H14N3O+. The van der Waals surface area contributed by atoms with Gasteiger partial charge in [-0.15, -0.1) is 0 Å². The summed E-state index contributed by atoms with van der Waals surface area (Å²) in [6.07, 6.45) is 5.72. The Morgan fingerprint density at radius 2 is 2.33 bits per heavy atom. The number of pyridine rings is 1. The van der Waals surface area contributed by atoms with Crippen molar-refractivity contribution in [1.82, 2.24) is 4.57 Å². The van der Waals surface area contributed by atoms with E-state index in [-0.39, 0.29) is 11.1 Å². The maximum absolute atomic E-state index is 12.2. The Labute approximate surface area is 104 Å². The third-order valence-electron chi connectivity index (χ3n) is 3.32. The predicted molar refractivity (Wildman–Crippen MR) is 72.7 cm³/mol. The van der Waals surface area contributed by atoms with Crippen molar-refractivity contribution in [1.29, 1.82) is 0 Å². The van der Waals surface area contributed by atoms with Gasteiger partial charge in [0.1, 0.15) is 0 Å². The molecule has 3 aromatic rings. The fourth-order valence-corrected chi connectivity index (χ4v) is 2.47. The van der Waals surface area contributed by atoms with Gasteiger partial charge in [0.2, 0.25) is 0 Å². The molecule has 3 rings (SSSR count). The molecule has 0 aliphatic carbocycles. The van der Waals surface area contributed by atoms with Crippen LogP contribution in [0.5, 0.6) is 0 Å². The molecule has 0 unspecified atom stereocenters. The van der Waals surface area contributed by atoms with Crippen molar-refractivity contribution in [2.75, 3.05) is 5.73 Å². The van der Waals surface area contributed by atoms with Crippen LogP contribution in [0.3, 0.4) is 0 Å². The predicted octanol–water partition coefficient (Wildman–Crippen LogP) is 1.19. The summed E-state index contributed by atoms with van der Waals surface area (Å²) in [4.78, 5) is 12.2. The van der Waals surface area contributed by atoms with Gasteiger partial charge in [0, 0.05) is 13.2 Å². The van der Waals surface area contributed by atoms with Crippen molar-refractivity contribution in [2.24, 2.45) is 7.05 Å². The summed E-state index contributed by atoms with van der Waals surface area (Å²) in [6.45, 7) is 4.32. The molecule has 0 fully saturated rings. The molecule has 90 valence electrons. The van der Waals surface area contributed by atoms with Crippen molar-refractivity contribution in [2.45, 2.75) is 6.54 Å². The first-order valence-electron chi connectivity index (χ1n) is 5.77. The van der Waals surface area contributed by atoms with Gasteiger partial charge in [-0.05, 0) is 18.2 Å². The lowest BCUT2D eigenvalue weighted by Gasteiger charge is -2.04. The molecule has 2 N–H and O–H groups in total. The molecule has 0 aliphatic rings. The second kappa shape index (κ2) is 3.57. The highest BCUT2D eigenvalue weighted by Gasteiger charge is 2.21. The minimum Gasteiger partial charge on any atom is -0.395 e. The second-order valence-electron chi connectivity index (χ2n) is 4.49. The number of anilines is 1. The van der Waals surface area contributed by atoms with Crippen LogP contribution in [-0.4, -0.2) is 4.57 Å². The first kappa shape index (κ1) is 10.8. The molecule has 1 aromatic carbocycles. The van der Waals surface area contributed by atoms with E-state index in [0.717, 1.165) is 16.3 Å². The topological polar surface area (TPSA) is 51.9 Å². The zero-order chi connectivity index (χ0) is 12.9. The zero-order valence-electron chi connectivity index (χ0n) is 10.2. The van der Waals surface area contributed by atoms with Crippen LogP contribution >= 0.6 is 0 Å². The molecule has 4 heteroatoms. The summed E-state index contributed by atoms with van der Waals surface area (Å²) in [7, 11) is 1.95. The third kappa shape index (κ3) is 1.26. The van der Waals surface area contributed by atoms with Crippen LogP contribution in [0.4, 0.5) is 5.69 Å². The summed E-state index contributed by atoms with van der Waals surface area (Å²) in [5, 5.41) is 2.03. The molecule has 2 aromatic heterocycles. The molecule has 18 heavy (non-hydrogen) atoms. The molecule has 0 atom stereocenters. The van der Waals surface area contributed by atoms with Gasteiger partial charge in [0.05, 0.1) is 22.0 Å². The third-order valence-corrected chi connectivity index (χ3v) is 3.32. The molecule has 0 amide bonds. The van der Waals surface area contributed by atoms with Gasteiger partial charge >= 0.3 is 0 Å². The van der Waals surface area contributed by atoms with Crippen molar-refractivity contribution in [3.8, 4) is 0 Å². The van der Waals surface area contributed by atoms with Crippen LogP contribution in [0.1, 0.15) is 0 Å². The van der Waals surface area contributed by atoms with Crippen molar-refractivity contribution < 1.29 is 4.57 Å². The molecule has 2 heterocycles. The number of allylic oxidation sites excluding steroid dienone is 1. The lowest BCUT2D eigenvalue weighted by molar-refractivity contribution is -0.658. The number of nitrogens with two attached hydrogens (primary N) is 1. The maximum Gasteiger partial charge on any atom is 0.273 e. The summed E-state index contributed by atoms with van der Waals surface area (Å²) in [6, 6.07) is 3.75. The number of hydrogen-bond acceptors (Lipinski definition) is 2. The molecule has 0 radical (unpaired) electrons. The molecule has 0 aliphatic heterocycles. The highest BCUT2D eigenvalue weighted by atomic mass is 16.1. The summed E-state index contributed by atoms with van der Waals surface area (Å²) < 4.78 is 3.88. The van der Waals surface area contributed by atoms with Gasteiger partial charge in [-0.3, -0.25) is 4.79 Å². The first-order chi connectivity index (χ1) is 8.63. The number of nitrogen functional groups attached to an aromatic ring is 1. The Morgan fingerprint density at radius 3 is 3.06 bits per heavy atom. The van der Waals surface area contributed by atoms with E-state index in [2.05, 4.69) is 6.58 Å². The quantitative estimate of drug-likeness (QED) is 0.415. The average molecular weight is 240 g/mol. The van der Waals surface area contributed by atoms with Gasteiger partial charge < -0.3 is 10.3 Å². The Morgan fingerprint density at radius 1 is 1.56 bits per heavy atom. The van der Waals surface area contributed by atoms with E-state index >= 15 is 0 Å². The standard InChI is InChI=1S/C14H13N3O/c1-3-5-17-8-9-4-6-16(2)11-7-10(15)14(18)13(17)12(9)11/h3-4,6-8,15H,1,5H2,2H3/p+1. The fraction of sp³-hybridized carbons (Fsp3) is 0.143. The largest absolute Gasteiger partial charge is 0.395 e. The summed E-state index contributed by atoms with van der Waals surface area (Å²) in [5.41, 5.74) is 7.64. The van der Waals surface area contributed by atoms with E-state index in [0.29, 0.717) is 12.1 Å². The highest BCUT2D eigenvalue weighted by molar-refractivity contribution is 6.07. The molecule has 4 nitrogen and oxygen atoms in total. The number of hydrogen-bond donors (Lipinski definition) is 1. The van der Waals surface area contributed by atoms with E-state index in [9.17, 15) is 4.79 Å². The van der Waals surface area contributed by atoms with Crippen LogP contribution in [0, 0.1) is 0 Å². The molecule has 0 bridgehead atoms. The summed E-state index contributed by atoms with van der Waals surface area (Å²) in [5.74, 6) is 0. The van der Waals surface area contributed by atoms with Gasteiger partial charge in [0.25, 0.3) is 10.9 Å². The minimum absolute atomic E-state index is 0.106. The first-order valence-corrected chi connectivity index (χ1v) is 5.77. The van der Waals surface area contributed by atoms with Crippen LogP contribution in [0.15, 0.2) is 42.0 Å². The Kier molecular flexibility index (Phi) is 2.13. The number of benzene rings is 1. The van der Waals surface area contributed by atoms with Gasteiger partial charge in [0.15, 0.2) is 12.7 Å². The van der Waals surface area contributed by atoms with Gasteiger partial charge in [-0.2, -0.15) is 4.57 Å². The van der Waals surface area contributed by atoms with E-state index in [4.69, 9.17) is 5.73 Å². The lowest BCUT2D eigenvalue weighted by Crippen LogP contribution is -2.34. The molecule has 0 saturated carbocycles. The van der Waals surface area contributed by atoms with Crippen molar-refractivity contribution in [3.05, 3.63) is 47.4 Å².